The van der Waals surface area contributed by atoms with Crippen molar-refractivity contribution in [3.63, 3.8) is 0 Å². The second-order valence-corrected chi connectivity index (χ2v) is 5.17. The van der Waals surface area contributed by atoms with Crippen LogP contribution in [0.25, 0.3) is 10.9 Å². The average molecular weight is 287 g/mol. The van der Waals surface area contributed by atoms with Crippen LogP contribution in [0.15, 0.2) is 29.1 Å². The van der Waals surface area contributed by atoms with Gasteiger partial charge in [0, 0.05) is 12.5 Å². The van der Waals surface area contributed by atoms with Gasteiger partial charge in [-0.15, -0.1) is 0 Å². The number of para-hydroxylation sites is 1. The number of carbonyl (C=O) groups is 1. The molecule has 1 atom stereocenters. The third kappa shape index (κ3) is 3.29. The van der Waals surface area contributed by atoms with Crippen molar-refractivity contribution in [3.05, 3.63) is 40.4 Å². The van der Waals surface area contributed by atoms with Gasteiger partial charge < -0.3 is 5.32 Å². The molecule has 0 aliphatic rings. The van der Waals surface area contributed by atoms with Crippen LogP contribution in [0.4, 0.5) is 0 Å². The molecule has 5 heteroatoms. The Hall–Kier alpha value is -2.17. The summed E-state index contributed by atoms with van der Waals surface area (Å²) in [6, 6.07) is 7.33. The third-order valence-electron chi connectivity index (χ3n) is 3.58. The fraction of sp³-hybridized carbons (Fsp3) is 0.438. The van der Waals surface area contributed by atoms with E-state index in [1.807, 2.05) is 32.9 Å². The summed E-state index contributed by atoms with van der Waals surface area (Å²) in [4.78, 5) is 29.1. The van der Waals surface area contributed by atoms with Gasteiger partial charge in [-0.05, 0) is 25.5 Å². The van der Waals surface area contributed by atoms with E-state index in [2.05, 4.69) is 10.3 Å². The standard InChI is InChI=1S/C16H21N3O2/c1-4-11(3)17-15(20)10-19-14(5-2)18-13-9-7-6-8-12(13)16(19)21/h6-9,11H,4-5,10H2,1-3H3,(H,17,20)/t11-/m0/s1. The fourth-order valence-corrected chi connectivity index (χ4v) is 2.21. The zero-order valence-corrected chi connectivity index (χ0v) is 12.7. The number of carbonyl (C=O) groups excluding carboxylic acids is 1. The van der Waals surface area contributed by atoms with Crippen molar-refractivity contribution < 1.29 is 4.79 Å². The maximum absolute atomic E-state index is 12.5. The number of fused-ring (bicyclic) bond motifs is 1. The van der Waals surface area contributed by atoms with Crippen molar-refractivity contribution in [2.75, 3.05) is 0 Å². The maximum atomic E-state index is 12.5. The van der Waals surface area contributed by atoms with Gasteiger partial charge in [0.05, 0.1) is 10.9 Å². The predicted molar refractivity (Wildman–Crippen MR) is 83.3 cm³/mol. The van der Waals surface area contributed by atoms with E-state index in [4.69, 9.17) is 0 Å². The van der Waals surface area contributed by atoms with Gasteiger partial charge in [0.15, 0.2) is 0 Å². The molecule has 0 spiro atoms. The van der Waals surface area contributed by atoms with E-state index in [9.17, 15) is 9.59 Å². The van der Waals surface area contributed by atoms with Gasteiger partial charge in [-0.1, -0.05) is 26.0 Å². The van der Waals surface area contributed by atoms with Crippen molar-refractivity contribution in [2.24, 2.45) is 0 Å². The Morgan fingerprint density at radius 3 is 2.71 bits per heavy atom. The summed E-state index contributed by atoms with van der Waals surface area (Å²) in [5.74, 6) is 0.483. The van der Waals surface area contributed by atoms with E-state index in [1.54, 1.807) is 12.1 Å². The third-order valence-corrected chi connectivity index (χ3v) is 3.58. The first-order valence-corrected chi connectivity index (χ1v) is 7.34. The predicted octanol–water partition coefficient (Wildman–Crippen LogP) is 1.87. The molecule has 5 nitrogen and oxygen atoms in total. The minimum Gasteiger partial charge on any atom is -0.352 e. The summed E-state index contributed by atoms with van der Waals surface area (Å²) in [5.41, 5.74) is 0.523. The first kappa shape index (κ1) is 15.2. The molecule has 0 saturated carbocycles. The summed E-state index contributed by atoms with van der Waals surface area (Å²) in [5, 5.41) is 3.43. The van der Waals surface area contributed by atoms with Gasteiger partial charge in [-0.25, -0.2) is 4.98 Å². The Kier molecular flexibility index (Phi) is 4.73. The van der Waals surface area contributed by atoms with Gasteiger partial charge in [-0.3, -0.25) is 14.2 Å². The molecule has 0 aliphatic carbocycles. The SMILES string of the molecule is CCc1nc2ccccc2c(=O)n1CC(=O)N[C@@H](C)CC. The highest BCUT2D eigenvalue weighted by Gasteiger charge is 2.13. The van der Waals surface area contributed by atoms with Crippen molar-refractivity contribution >= 4 is 16.8 Å². The van der Waals surface area contributed by atoms with E-state index in [0.717, 1.165) is 6.42 Å². The molecule has 0 radical (unpaired) electrons. The van der Waals surface area contributed by atoms with Crippen molar-refractivity contribution in [3.8, 4) is 0 Å². The Morgan fingerprint density at radius 2 is 2.05 bits per heavy atom. The molecule has 0 unspecified atom stereocenters. The smallest absolute Gasteiger partial charge is 0.261 e. The number of rotatable bonds is 5. The van der Waals surface area contributed by atoms with Crippen LogP contribution in [0.2, 0.25) is 0 Å². The molecular weight excluding hydrogens is 266 g/mol. The largest absolute Gasteiger partial charge is 0.352 e. The molecule has 1 N–H and O–H groups in total. The molecule has 1 aromatic heterocycles. The Balaban J connectivity index is 2.40. The number of benzene rings is 1. The van der Waals surface area contributed by atoms with Crippen LogP contribution >= 0.6 is 0 Å². The zero-order chi connectivity index (χ0) is 15.4. The average Bonchev–Trinajstić information content (AvgIpc) is 2.49. The number of amides is 1. The highest BCUT2D eigenvalue weighted by atomic mass is 16.2. The Morgan fingerprint density at radius 1 is 1.33 bits per heavy atom. The Labute approximate surface area is 124 Å². The van der Waals surface area contributed by atoms with Gasteiger partial charge in [-0.2, -0.15) is 0 Å². The minimum absolute atomic E-state index is 0.0180. The maximum Gasteiger partial charge on any atom is 0.261 e. The lowest BCUT2D eigenvalue weighted by Gasteiger charge is -2.15. The van der Waals surface area contributed by atoms with E-state index in [0.29, 0.717) is 23.1 Å². The molecule has 2 aromatic rings. The van der Waals surface area contributed by atoms with E-state index in [1.165, 1.54) is 4.57 Å². The summed E-state index contributed by atoms with van der Waals surface area (Å²) in [6.07, 6.45) is 1.47. The number of nitrogens with one attached hydrogen (secondary N) is 1. The molecular formula is C16H21N3O2. The minimum atomic E-state index is -0.156. The molecule has 1 amide bonds. The Bertz CT molecular complexity index is 706. The van der Waals surface area contributed by atoms with E-state index < -0.39 is 0 Å². The van der Waals surface area contributed by atoms with E-state index in [-0.39, 0.29) is 24.1 Å². The first-order valence-electron chi connectivity index (χ1n) is 7.34. The van der Waals surface area contributed by atoms with Crippen LogP contribution < -0.4 is 10.9 Å². The molecule has 0 bridgehead atoms. The summed E-state index contributed by atoms with van der Waals surface area (Å²) >= 11 is 0. The van der Waals surface area contributed by atoms with Crippen molar-refractivity contribution in [1.82, 2.24) is 14.9 Å². The topological polar surface area (TPSA) is 64.0 Å². The van der Waals surface area contributed by atoms with Crippen molar-refractivity contribution in [2.45, 2.75) is 46.2 Å². The second kappa shape index (κ2) is 6.52. The van der Waals surface area contributed by atoms with Crippen molar-refractivity contribution in [1.29, 1.82) is 0 Å². The molecule has 0 fully saturated rings. The number of hydrogen-bond acceptors (Lipinski definition) is 3. The number of aryl methyl sites for hydroxylation is 1. The van der Waals surface area contributed by atoms with Gasteiger partial charge in [0.1, 0.15) is 12.4 Å². The summed E-state index contributed by atoms with van der Waals surface area (Å²) in [7, 11) is 0. The number of nitrogens with zero attached hydrogens (tertiary/aromatic N) is 2. The summed E-state index contributed by atoms with van der Waals surface area (Å²) < 4.78 is 1.47. The molecule has 2 rings (SSSR count). The quantitative estimate of drug-likeness (QED) is 0.913. The lowest BCUT2D eigenvalue weighted by atomic mass is 10.2. The van der Waals surface area contributed by atoms with Crippen LogP contribution in [-0.4, -0.2) is 21.5 Å². The molecule has 21 heavy (non-hydrogen) atoms. The second-order valence-electron chi connectivity index (χ2n) is 5.17. The fourth-order valence-electron chi connectivity index (χ4n) is 2.21. The zero-order valence-electron chi connectivity index (χ0n) is 12.7. The van der Waals surface area contributed by atoms with E-state index >= 15 is 0 Å². The van der Waals surface area contributed by atoms with Crippen LogP contribution in [0, 0.1) is 0 Å². The molecule has 0 saturated heterocycles. The van der Waals surface area contributed by atoms with Crippen LogP contribution in [0.5, 0.6) is 0 Å². The number of aromatic nitrogens is 2. The first-order chi connectivity index (χ1) is 10.1. The highest BCUT2D eigenvalue weighted by Crippen LogP contribution is 2.08. The van der Waals surface area contributed by atoms with Crippen LogP contribution in [0.3, 0.4) is 0 Å². The lowest BCUT2D eigenvalue weighted by Crippen LogP contribution is -2.38. The van der Waals surface area contributed by atoms with Crippen LogP contribution in [0.1, 0.15) is 33.0 Å². The van der Waals surface area contributed by atoms with Gasteiger partial charge in [0.25, 0.3) is 5.56 Å². The molecule has 1 aromatic carbocycles. The van der Waals surface area contributed by atoms with Gasteiger partial charge in [0.2, 0.25) is 5.91 Å². The van der Waals surface area contributed by atoms with Crippen LogP contribution in [-0.2, 0) is 17.8 Å². The summed E-state index contributed by atoms with van der Waals surface area (Å²) in [6.45, 7) is 5.90. The van der Waals surface area contributed by atoms with Gasteiger partial charge >= 0.3 is 0 Å². The molecule has 112 valence electrons. The molecule has 0 aliphatic heterocycles. The number of hydrogen-bond donors (Lipinski definition) is 1. The lowest BCUT2D eigenvalue weighted by molar-refractivity contribution is -0.122. The monoisotopic (exact) mass is 287 g/mol. The highest BCUT2D eigenvalue weighted by molar-refractivity contribution is 5.79. The normalized spacial score (nSPS) is 12.3. The molecule has 1 heterocycles.